The normalized spacial score (nSPS) is 19.0. The van der Waals surface area contributed by atoms with E-state index in [9.17, 15) is 9.59 Å². The molecule has 1 rings (SSSR count). The van der Waals surface area contributed by atoms with Crippen LogP contribution >= 0.6 is 0 Å². The second-order valence-corrected chi connectivity index (χ2v) is 7.40. The molecule has 0 bridgehead atoms. The number of ether oxygens (including phenoxy) is 1. The molecule has 2 amide bonds. The van der Waals surface area contributed by atoms with Crippen molar-refractivity contribution in [3.8, 4) is 0 Å². The first-order valence-electron chi connectivity index (χ1n) is 8.08. The van der Waals surface area contributed by atoms with E-state index in [0.29, 0.717) is 12.5 Å². The molecule has 1 heterocycles. The predicted octanol–water partition coefficient (Wildman–Crippen LogP) is 1.83. The van der Waals surface area contributed by atoms with Crippen LogP contribution in [0.5, 0.6) is 0 Å². The number of carbonyl (C=O) groups is 2. The molecular formula is C16H31N3O3. The lowest BCUT2D eigenvalue weighted by Gasteiger charge is -2.26. The van der Waals surface area contributed by atoms with Crippen molar-refractivity contribution in [2.45, 2.75) is 59.1 Å². The van der Waals surface area contributed by atoms with Gasteiger partial charge in [-0.1, -0.05) is 0 Å². The highest BCUT2D eigenvalue weighted by Gasteiger charge is 2.30. The summed E-state index contributed by atoms with van der Waals surface area (Å²) in [6, 6.07) is 0.288. The summed E-state index contributed by atoms with van der Waals surface area (Å²) in [4.78, 5) is 27.0. The number of nitrogens with zero attached hydrogens (tertiary/aromatic N) is 2. The molecule has 128 valence electrons. The molecule has 0 unspecified atom stereocenters. The number of hydrogen-bond donors (Lipinski definition) is 1. The molecule has 1 aliphatic heterocycles. The van der Waals surface area contributed by atoms with Gasteiger partial charge in [0.15, 0.2) is 0 Å². The number of hydrogen-bond acceptors (Lipinski definition) is 4. The van der Waals surface area contributed by atoms with Crippen LogP contribution in [-0.2, 0) is 9.53 Å². The van der Waals surface area contributed by atoms with Crippen molar-refractivity contribution in [1.29, 1.82) is 0 Å². The van der Waals surface area contributed by atoms with Crippen LogP contribution in [-0.4, -0.2) is 59.6 Å². The maximum absolute atomic E-state index is 12.0. The third-order valence-electron chi connectivity index (χ3n) is 3.85. The molecule has 1 atom stereocenters. The van der Waals surface area contributed by atoms with Crippen LogP contribution in [0.15, 0.2) is 0 Å². The van der Waals surface area contributed by atoms with Gasteiger partial charge in [0.2, 0.25) is 5.91 Å². The second-order valence-electron chi connectivity index (χ2n) is 7.40. The van der Waals surface area contributed by atoms with E-state index in [2.05, 4.69) is 18.7 Å². The third-order valence-corrected chi connectivity index (χ3v) is 3.85. The zero-order valence-electron chi connectivity index (χ0n) is 14.6. The quantitative estimate of drug-likeness (QED) is 0.811. The van der Waals surface area contributed by atoms with Gasteiger partial charge in [0.25, 0.3) is 0 Å². The van der Waals surface area contributed by atoms with Gasteiger partial charge in [-0.25, -0.2) is 4.79 Å². The highest BCUT2D eigenvalue weighted by Crippen LogP contribution is 2.22. The highest BCUT2D eigenvalue weighted by atomic mass is 16.6. The maximum Gasteiger partial charge on any atom is 0.410 e. The second kappa shape index (κ2) is 7.81. The van der Waals surface area contributed by atoms with Gasteiger partial charge in [-0.3, -0.25) is 9.69 Å². The Morgan fingerprint density at radius 2 is 2.00 bits per heavy atom. The van der Waals surface area contributed by atoms with Crippen LogP contribution in [0.4, 0.5) is 4.79 Å². The molecule has 22 heavy (non-hydrogen) atoms. The molecule has 0 saturated carbocycles. The summed E-state index contributed by atoms with van der Waals surface area (Å²) >= 11 is 0. The third kappa shape index (κ3) is 6.64. The highest BCUT2D eigenvalue weighted by molar-refractivity contribution is 5.75. The summed E-state index contributed by atoms with van der Waals surface area (Å²) in [6.07, 6.45) is 1.72. The average Bonchev–Trinajstić information content (AvgIpc) is 2.80. The van der Waals surface area contributed by atoms with Crippen molar-refractivity contribution in [1.82, 2.24) is 9.80 Å². The minimum Gasteiger partial charge on any atom is -0.444 e. The molecule has 0 aromatic carbocycles. The lowest BCUT2D eigenvalue weighted by Crippen LogP contribution is -2.40. The van der Waals surface area contributed by atoms with Gasteiger partial charge in [0.05, 0.1) is 6.54 Å². The van der Waals surface area contributed by atoms with Gasteiger partial charge in [0, 0.05) is 19.1 Å². The minimum atomic E-state index is -0.453. The van der Waals surface area contributed by atoms with Gasteiger partial charge < -0.3 is 15.4 Å². The molecule has 0 aliphatic carbocycles. The van der Waals surface area contributed by atoms with E-state index in [4.69, 9.17) is 10.5 Å². The Kier molecular flexibility index (Phi) is 6.66. The van der Waals surface area contributed by atoms with E-state index in [0.717, 1.165) is 32.5 Å². The Morgan fingerprint density at radius 1 is 1.36 bits per heavy atom. The van der Waals surface area contributed by atoms with Crippen molar-refractivity contribution in [3.05, 3.63) is 0 Å². The van der Waals surface area contributed by atoms with E-state index in [1.165, 1.54) is 0 Å². The number of amides is 2. The molecule has 1 fully saturated rings. The molecule has 0 aromatic rings. The van der Waals surface area contributed by atoms with Crippen molar-refractivity contribution in [3.63, 3.8) is 0 Å². The van der Waals surface area contributed by atoms with Crippen molar-refractivity contribution in [2.24, 2.45) is 11.7 Å². The fraction of sp³-hybridized carbons (Fsp3) is 0.875. The van der Waals surface area contributed by atoms with Gasteiger partial charge in [-0.05, 0) is 59.9 Å². The molecule has 6 nitrogen and oxygen atoms in total. The Balaban J connectivity index is 2.40. The minimum absolute atomic E-state index is 0.229. The van der Waals surface area contributed by atoms with E-state index in [-0.39, 0.29) is 18.0 Å². The van der Waals surface area contributed by atoms with E-state index < -0.39 is 5.60 Å². The first-order chi connectivity index (χ1) is 10.1. The number of carbonyl (C=O) groups excluding carboxylic acids is 2. The molecule has 0 spiro atoms. The fourth-order valence-electron chi connectivity index (χ4n) is 2.63. The summed E-state index contributed by atoms with van der Waals surface area (Å²) in [5.74, 6) is 0.164. The van der Waals surface area contributed by atoms with Crippen LogP contribution in [0.2, 0.25) is 0 Å². The molecule has 2 N–H and O–H groups in total. The van der Waals surface area contributed by atoms with Crippen LogP contribution in [0.3, 0.4) is 0 Å². The summed E-state index contributed by atoms with van der Waals surface area (Å²) in [7, 11) is 0. The van der Waals surface area contributed by atoms with Crippen molar-refractivity contribution in [2.75, 3.05) is 26.2 Å². The van der Waals surface area contributed by atoms with Gasteiger partial charge in [-0.2, -0.15) is 0 Å². The molecule has 1 aliphatic rings. The van der Waals surface area contributed by atoms with Crippen molar-refractivity contribution < 1.29 is 14.3 Å². The zero-order valence-corrected chi connectivity index (χ0v) is 14.6. The molecular weight excluding hydrogens is 282 g/mol. The number of rotatable bonds is 6. The topological polar surface area (TPSA) is 75.9 Å². The van der Waals surface area contributed by atoms with Crippen molar-refractivity contribution >= 4 is 12.0 Å². The Labute approximate surface area is 134 Å². The van der Waals surface area contributed by atoms with E-state index in [1.807, 2.05) is 20.8 Å². The van der Waals surface area contributed by atoms with Crippen LogP contribution in [0, 0.1) is 5.92 Å². The summed E-state index contributed by atoms with van der Waals surface area (Å²) in [6.45, 7) is 12.4. The molecule has 0 radical (unpaired) electrons. The maximum atomic E-state index is 12.0. The summed E-state index contributed by atoms with van der Waals surface area (Å²) < 4.78 is 5.40. The predicted molar refractivity (Wildman–Crippen MR) is 86.4 cm³/mol. The SMILES string of the molecule is CC(C)N(CC[C@H]1CCN(C(=O)OC(C)(C)C)C1)CC(N)=O. The van der Waals surface area contributed by atoms with E-state index >= 15 is 0 Å². The summed E-state index contributed by atoms with van der Waals surface area (Å²) in [5.41, 5.74) is 4.83. The molecule has 0 aromatic heterocycles. The smallest absolute Gasteiger partial charge is 0.410 e. The standard InChI is InChI=1S/C16H31N3O3/c1-12(2)18(11-14(17)20)8-6-13-7-9-19(10-13)15(21)22-16(3,4)5/h12-13H,6-11H2,1-5H3,(H2,17,20)/t13-/m0/s1. The van der Waals surface area contributed by atoms with Gasteiger partial charge in [-0.15, -0.1) is 0 Å². The van der Waals surface area contributed by atoms with Gasteiger partial charge >= 0.3 is 6.09 Å². The zero-order chi connectivity index (χ0) is 16.9. The average molecular weight is 313 g/mol. The van der Waals surface area contributed by atoms with Crippen LogP contribution in [0.1, 0.15) is 47.5 Å². The number of primary amides is 1. The first kappa shape index (κ1) is 18.7. The monoisotopic (exact) mass is 313 g/mol. The Hall–Kier alpha value is -1.30. The largest absolute Gasteiger partial charge is 0.444 e. The lowest BCUT2D eigenvalue weighted by atomic mass is 10.0. The Morgan fingerprint density at radius 3 is 2.50 bits per heavy atom. The summed E-state index contributed by atoms with van der Waals surface area (Å²) in [5, 5.41) is 0. The van der Waals surface area contributed by atoms with E-state index in [1.54, 1.807) is 4.90 Å². The number of likely N-dealkylation sites (tertiary alicyclic amines) is 1. The lowest BCUT2D eigenvalue weighted by molar-refractivity contribution is -0.119. The van der Waals surface area contributed by atoms with Crippen LogP contribution in [0.25, 0.3) is 0 Å². The first-order valence-corrected chi connectivity index (χ1v) is 8.08. The van der Waals surface area contributed by atoms with Gasteiger partial charge in [0.1, 0.15) is 5.60 Å². The fourth-order valence-corrected chi connectivity index (χ4v) is 2.63. The Bertz CT molecular complexity index is 391. The molecule has 1 saturated heterocycles. The molecule has 6 heteroatoms. The number of nitrogens with two attached hydrogens (primary N) is 1. The van der Waals surface area contributed by atoms with Crippen LogP contribution < -0.4 is 5.73 Å².